The van der Waals surface area contributed by atoms with E-state index in [9.17, 15) is 4.39 Å². The number of para-hydroxylation sites is 3. The predicted octanol–water partition coefficient (Wildman–Crippen LogP) is 8.46. The second-order valence-electron chi connectivity index (χ2n) is 10.7. The van der Waals surface area contributed by atoms with Gasteiger partial charge in [0.05, 0.1) is 28.8 Å². The van der Waals surface area contributed by atoms with Gasteiger partial charge in [-0.05, 0) is 79.4 Å². The van der Waals surface area contributed by atoms with Crippen molar-refractivity contribution in [3.05, 3.63) is 131 Å². The summed E-state index contributed by atoms with van der Waals surface area (Å²) < 4.78 is 16.0. The Hall–Kier alpha value is -5.04. The van der Waals surface area contributed by atoms with Crippen LogP contribution in [0, 0.1) is 12.7 Å². The monoisotopic (exact) mass is 554 g/mol. The van der Waals surface area contributed by atoms with Crippen molar-refractivity contribution < 1.29 is 4.39 Å². The molecule has 0 saturated carbocycles. The standard InChI is InChI=1S/C35H31FN6/c1-3-4-10-24-15-21-27(22-16-24)37-33-35-39-34-31(23(2)40-42(34)28-11-6-5-7-12-28)32(25-17-19-26(36)20-18-25)41(35)30-14-9-8-13-29(30)38-33/h5-9,11-22,32H,3-4,10H2,1-2H3,(H,37,38)/t32-/m1/s1. The number of fused-ring (bicyclic) bond motifs is 4. The third-order valence-electron chi connectivity index (χ3n) is 7.86. The fourth-order valence-electron chi connectivity index (χ4n) is 5.78. The highest BCUT2D eigenvalue weighted by Crippen LogP contribution is 2.48. The summed E-state index contributed by atoms with van der Waals surface area (Å²) in [6.45, 7) is 4.22. The molecule has 0 radical (unpaired) electrons. The number of amidine groups is 2. The minimum Gasteiger partial charge on any atom is -0.337 e. The fourth-order valence-corrected chi connectivity index (χ4v) is 5.78. The fraction of sp³-hybridized carbons (Fsp3) is 0.171. The van der Waals surface area contributed by atoms with Crippen LogP contribution in [0.15, 0.2) is 113 Å². The number of nitrogens with one attached hydrogen (secondary N) is 1. The predicted molar refractivity (Wildman–Crippen MR) is 168 cm³/mol. The molecule has 7 heteroatoms. The van der Waals surface area contributed by atoms with Gasteiger partial charge in [-0.3, -0.25) is 0 Å². The Bertz CT molecular complexity index is 1800. The van der Waals surface area contributed by atoms with Crippen LogP contribution in [0.3, 0.4) is 0 Å². The van der Waals surface area contributed by atoms with Gasteiger partial charge >= 0.3 is 0 Å². The Morgan fingerprint density at radius 1 is 0.833 bits per heavy atom. The molecule has 5 aromatic rings. The number of anilines is 2. The summed E-state index contributed by atoms with van der Waals surface area (Å²) in [6.07, 6.45) is 3.41. The van der Waals surface area contributed by atoms with Crippen LogP contribution in [0.1, 0.15) is 48.2 Å². The van der Waals surface area contributed by atoms with Gasteiger partial charge in [0.1, 0.15) is 5.82 Å². The summed E-state index contributed by atoms with van der Waals surface area (Å²) in [5.74, 6) is 1.79. The van der Waals surface area contributed by atoms with E-state index in [-0.39, 0.29) is 11.9 Å². The van der Waals surface area contributed by atoms with E-state index in [0.29, 0.717) is 11.7 Å². The Balaban J connectivity index is 1.41. The second-order valence-corrected chi connectivity index (χ2v) is 10.7. The third kappa shape index (κ3) is 4.57. The van der Waals surface area contributed by atoms with Crippen LogP contribution in [-0.4, -0.2) is 21.5 Å². The van der Waals surface area contributed by atoms with E-state index >= 15 is 0 Å². The number of aromatic nitrogens is 2. The van der Waals surface area contributed by atoms with Crippen molar-refractivity contribution in [2.45, 2.75) is 39.2 Å². The van der Waals surface area contributed by atoms with Crippen molar-refractivity contribution in [2.24, 2.45) is 9.98 Å². The first kappa shape index (κ1) is 25.9. The van der Waals surface area contributed by atoms with Crippen molar-refractivity contribution in [3.63, 3.8) is 0 Å². The molecule has 0 amide bonds. The molecule has 0 spiro atoms. The molecular weight excluding hydrogens is 523 g/mol. The number of rotatable bonds is 6. The minimum absolute atomic E-state index is 0.272. The maximum Gasteiger partial charge on any atom is 0.179 e. The van der Waals surface area contributed by atoms with Gasteiger partial charge in [-0.1, -0.05) is 67.9 Å². The molecule has 0 aliphatic carbocycles. The first-order valence-electron chi connectivity index (χ1n) is 14.4. The quantitative estimate of drug-likeness (QED) is 0.229. The number of aryl methyl sites for hydroxylation is 2. The van der Waals surface area contributed by atoms with Crippen molar-refractivity contribution >= 4 is 34.6 Å². The van der Waals surface area contributed by atoms with Gasteiger partial charge in [0.25, 0.3) is 0 Å². The average Bonchev–Trinajstić information content (AvgIpc) is 3.36. The minimum atomic E-state index is -0.296. The van der Waals surface area contributed by atoms with Crippen molar-refractivity contribution in [3.8, 4) is 5.69 Å². The Morgan fingerprint density at radius 3 is 2.33 bits per heavy atom. The highest BCUT2D eigenvalue weighted by atomic mass is 19.1. The number of hydrogen-bond donors (Lipinski definition) is 1. The number of nitrogens with zero attached hydrogens (tertiary/aromatic N) is 5. The molecule has 208 valence electrons. The average molecular weight is 555 g/mol. The summed E-state index contributed by atoms with van der Waals surface area (Å²) in [4.78, 5) is 12.5. The molecule has 2 aliphatic rings. The molecule has 42 heavy (non-hydrogen) atoms. The van der Waals surface area contributed by atoms with Crippen molar-refractivity contribution in [2.75, 3.05) is 10.2 Å². The number of halogens is 1. The van der Waals surface area contributed by atoms with E-state index in [1.807, 2.05) is 72.3 Å². The lowest BCUT2D eigenvalue weighted by Gasteiger charge is -2.40. The highest BCUT2D eigenvalue weighted by molar-refractivity contribution is 6.51. The first-order chi connectivity index (χ1) is 20.6. The topological polar surface area (TPSA) is 57.8 Å². The zero-order chi connectivity index (χ0) is 28.6. The second kappa shape index (κ2) is 10.7. The maximum absolute atomic E-state index is 14.1. The van der Waals surface area contributed by atoms with E-state index in [2.05, 4.69) is 47.5 Å². The highest BCUT2D eigenvalue weighted by Gasteiger charge is 2.41. The third-order valence-corrected chi connectivity index (χ3v) is 7.86. The molecule has 0 fully saturated rings. The van der Waals surface area contributed by atoms with E-state index in [4.69, 9.17) is 15.1 Å². The number of unbranched alkanes of at least 4 members (excludes halogenated alkanes) is 1. The smallest absolute Gasteiger partial charge is 0.179 e. The van der Waals surface area contributed by atoms with Crippen LogP contribution in [0.25, 0.3) is 5.69 Å². The molecule has 1 N–H and O–H groups in total. The van der Waals surface area contributed by atoms with Crippen LogP contribution in [0.4, 0.5) is 27.3 Å². The van der Waals surface area contributed by atoms with Gasteiger partial charge in [-0.2, -0.15) is 5.10 Å². The van der Waals surface area contributed by atoms with Crippen LogP contribution < -0.4 is 10.2 Å². The van der Waals surface area contributed by atoms with E-state index in [1.54, 1.807) is 0 Å². The van der Waals surface area contributed by atoms with E-state index in [1.165, 1.54) is 30.5 Å². The molecule has 2 aliphatic heterocycles. The van der Waals surface area contributed by atoms with Gasteiger partial charge in [-0.15, -0.1) is 0 Å². The zero-order valence-corrected chi connectivity index (χ0v) is 23.6. The normalized spacial score (nSPS) is 15.3. The summed E-state index contributed by atoms with van der Waals surface area (Å²) in [7, 11) is 0. The maximum atomic E-state index is 14.1. The lowest BCUT2D eigenvalue weighted by atomic mass is 9.93. The summed E-state index contributed by atoms with van der Waals surface area (Å²) in [5.41, 5.74) is 7.73. The van der Waals surface area contributed by atoms with Gasteiger partial charge in [0, 0.05) is 11.3 Å². The molecule has 7 rings (SSSR count). The van der Waals surface area contributed by atoms with E-state index < -0.39 is 0 Å². The molecule has 3 heterocycles. The molecule has 4 aromatic carbocycles. The molecular formula is C35H31FN6. The number of aliphatic imine (C=N–C) groups is 2. The Kier molecular flexibility index (Phi) is 6.62. The Morgan fingerprint density at radius 2 is 1.57 bits per heavy atom. The van der Waals surface area contributed by atoms with Crippen molar-refractivity contribution in [1.82, 2.24) is 9.78 Å². The van der Waals surface area contributed by atoms with Crippen LogP contribution in [-0.2, 0) is 6.42 Å². The SMILES string of the molecule is CCCCc1ccc(NC2=Nc3ccccc3N3C2=Nc2c(c(C)nn2-c2ccccc2)[C@H]3c2ccc(F)cc2)cc1. The number of hydrogen-bond acceptors (Lipinski definition) is 5. The molecule has 0 bridgehead atoms. The Labute approximate surface area is 244 Å². The number of benzene rings is 4. The molecule has 1 atom stereocenters. The van der Waals surface area contributed by atoms with Gasteiger partial charge in [-0.25, -0.2) is 19.1 Å². The first-order valence-corrected chi connectivity index (χ1v) is 14.4. The van der Waals surface area contributed by atoms with Crippen molar-refractivity contribution in [1.29, 1.82) is 0 Å². The summed E-state index contributed by atoms with van der Waals surface area (Å²) in [5, 5.41) is 8.53. The van der Waals surface area contributed by atoms with Gasteiger partial charge in [0.2, 0.25) is 0 Å². The van der Waals surface area contributed by atoms with Gasteiger partial charge in [0.15, 0.2) is 17.5 Å². The van der Waals surface area contributed by atoms with Crippen LogP contribution in [0.5, 0.6) is 0 Å². The summed E-state index contributed by atoms with van der Waals surface area (Å²) in [6, 6.07) is 33.1. The lowest BCUT2D eigenvalue weighted by molar-refractivity contribution is 0.626. The zero-order valence-electron chi connectivity index (χ0n) is 23.6. The molecule has 6 nitrogen and oxygen atoms in total. The molecule has 1 aromatic heterocycles. The van der Waals surface area contributed by atoms with Gasteiger partial charge < -0.3 is 10.2 Å². The molecule has 0 saturated heterocycles. The summed E-state index contributed by atoms with van der Waals surface area (Å²) >= 11 is 0. The largest absolute Gasteiger partial charge is 0.337 e. The molecule has 0 unspecified atom stereocenters. The van der Waals surface area contributed by atoms with E-state index in [0.717, 1.165) is 51.8 Å². The lowest BCUT2D eigenvalue weighted by Crippen LogP contribution is -2.46. The van der Waals surface area contributed by atoms with Crippen LogP contribution in [0.2, 0.25) is 0 Å². The van der Waals surface area contributed by atoms with Crippen LogP contribution >= 0.6 is 0 Å².